The van der Waals surface area contributed by atoms with Gasteiger partial charge in [0.1, 0.15) is 12.0 Å². The Morgan fingerprint density at radius 3 is 2.79 bits per heavy atom. The Morgan fingerprint density at radius 1 is 1.58 bits per heavy atom. The summed E-state index contributed by atoms with van der Waals surface area (Å²) in [6, 6.07) is 3.79. The minimum atomic E-state index is -0.608. The molecule has 19 heavy (non-hydrogen) atoms. The molecule has 8 heteroatoms. The number of nitro groups is 1. The van der Waals surface area contributed by atoms with E-state index in [1.807, 2.05) is 0 Å². The molecule has 1 atom stereocenters. The molecular weight excluding hydrogens is 275 g/mol. The Morgan fingerprint density at radius 2 is 2.26 bits per heavy atom. The number of nitrogens with zero attached hydrogens (tertiary/aromatic N) is 3. The molecule has 0 saturated carbocycles. The van der Waals surface area contributed by atoms with Crippen molar-refractivity contribution >= 4 is 23.1 Å². The van der Waals surface area contributed by atoms with E-state index in [0.717, 1.165) is 6.20 Å². The third-order valence-electron chi connectivity index (χ3n) is 2.80. The Labute approximate surface area is 112 Å². The van der Waals surface area contributed by atoms with Crippen molar-refractivity contribution in [2.45, 2.75) is 13.0 Å². The van der Waals surface area contributed by atoms with Gasteiger partial charge in [0.15, 0.2) is 0 Å². The van der Waals surface area contributed by atoms with Crippen LogP contribution in [0.5, 0.6) is 0 Å². The summed E-state index contributed by atoms with van der Waals surface area (Å²) < 4.78 is 14.4. The summed E-state index contributed by atoms with van der Waals surface area (Å²) in [7, 11) is 0. The summed E-state index contributed by atoms with van der Waals surface area (Å²) in [6.45, 7) is 1.73. The first-order valence-electron chi connectivity index (χ1n) is 5.34. The van der Waals surface area contributed by atoms with Crippen LogP contribution in [0, 0.1) is 15.9 Å². The molecule has 0 saturated heterocycles. The molecule has 0 aliphatic carbocycles. The zero-order chi connectivity index (χ0) is 14.2. The standard InChI is InChI=1S/C11H10ClFN4O2/c1-6(7-2-3-9(13)8(12)4-7)16-11(14)10(5-15-16)17(18)19/h2-6H,14H2,1H3. The smallest absolute Gasteiger partial charge is 0.330 e. The second kappa shape index (κ2) is 4.85. The van der Waals surface area contributed by atoms with Gasteiger partial charge in [-0.25, -0.2) is 9.07 Å². The molecule has 2 rings (SSSR count). The summed E-state index contributed by atoms with van der Waals surface area (Å²) in [5.74, 6) is -0.588. The third kappa shape index (κ3) is 2.37. The predicted molar refractivity (Wildman–Crippen MR) is 68.5 cm³/mol. The van der Waals surface area contributed by atoms with Crippen LogP contribution in [0.2, 0.25) is 5.02 Å². The van der Waals surface area contributed by atoms with E-state index in [4.69, 9.17) is 17.3 Å². The molecule has 0 spiro atoms. The van der Waals surface area contributed by atoms with Gasteiger partial charge in [-0.15, -0.1) is 0 Å². The number of anilines is 1. The molecule has 0 aliphatic heterocycles. The lowest BCUT2D eigenvalue weighted by molar-refractivity contribution is -0.384. The minimum absolute atomic E-state index is 0.0235. The number of benzene rings is 1. The van der Waals surface area contributed by atoms with Crippen LogP contribution in [-0.2, 0) is 0 Å². The number of hydrogen-bond acceptors (Lipinski definition) is 4. The maximum absolute atomic E-state index is 13.1. The largest absolute Gasteiger partial charge is 0.378 e. The molecule has 1 aromatic heterocycles. The fraction of sp³-hybridized carbons (Fsp3) is 0.182. The average Bonchev–Trinajstić information content (AvgIpc) is 2.74. The second-order valence-corrected chi connectivity index (χ2v) is 4.37. The number of hydrogen-bond donors (Lipinski definition) is 1. The zero-order valence-corrected chi connectivity index (χ0v) is 10.6. The van der Waals surface area contributed by atoms with Gasteiger partial charge in [-0.05, 0) is 24.6 Å². The fourth-order valence-electron chi connectivity index (χ4n) is 1.73. The van der Waals surface area contributed by atoms with E-state index in [0.29, 0.717) is 5.56 Å². The van der Waals surface area contributed by atoms with E-state index in [1.165, 1.54) is 22.9 Å². The SMILES string of the molecule is CC(c1ccc(F)c(Cl)c1)n1ncc([N+](=O)[O-])c1N. The minimum Gasteiger partial charge on any atom is -0.378 e. The molecule has 0 fully saturated rings. The van der Waals surface area contributed by atoms with Crippen molar-refractivity contribution < 1.29 is 9.31 Å². The van der Waals surface area contributed by atoms with E-state index in [2.05, 4.69) is 5.10 Å². The molecule has 1 aromatic carbocycles. The van der Waals surface area contributed by atoms with E-state index in [9.17, 15) is 14.5 Å². The monoisotopic (exact) mass is 284 g/mol. The van der Waals surface area contributed by atoms with Gasteiger partial charge in [0.05, 0.1) is 16.0 Å². The van der Waals surface area contributed by atoms with Gasteiger partial charge in [-0.1, -0.05) is 17.7 Å². The van der Waals surface area contributed by atoms with Crippen molar-refractivity contribution in [1.82, 2.24) is 9.78 Å². The molecule has 1 unspecified atom stereocenters. The molecule has 0 radical (unpaired) electrons. The van der Waals surface area contributed by atoms with Crippen LogP contribution < -0.4 is 5.73 Å². The molecule has 2 N–H and O–H groups in total. The Balaban J connectivity index is 2.41. The highest BCUT2D eigenvalue weighted by molar-refractivity contribution is 6.30. The highest BCUT2D eigenvalue weighted by Gasteiger charge is 2.21. The van der Waals surface area contributed by atoms with Gasteiger partial charge in [0, 0.05) is 0 Å². The number of nitrogen functional groups attached to an aromatic ring is 1. The van der Waals surface area contributed by atoms with E-state index >= 15 is 0 Å². The van der Waals surface area contributed by atoms with Crippen LogP contribution in [0.3, 0.4) is 0 Å². The molecule has 2 aromatic rings. The first-order valence-corrected chi connectivity index (χ1v) is 5.72. The maximum Gasteiger partial charge on any atom is 0.330 e. The molecule has 0 aliphatic rings. The number of rotatable bonds is 3. The predicted octanol–water partition coefficient (Wildman–Crippen LogP) is 2.78. The zero-order valence-electron chi connectivity index (χ0n) is 9.88. The first kappa shape index (κ1) is 13.3. The van der Waals surface area contributed by atoms with Crippen LogP contribution in [-0.4, -0.2) is 14.7 Å². The normalized spacial score (nSPS) is 12.4. The van der Waals surface area contributed by atoms with Crippen LogP contribution in [0.1, 0.15) is 18.5 Å². The Kier molecular flexibility index (Phi) is 3.39. The fourth-order valence-corrected chi connectivity index (χ4v) is 1.91. The van der Waals surface area contributed by atoms with Crippen LogP contribution in [0.25, 0.3) is 0 Å². The number of halogens is 2. The van der Waals surface area contributed by atoms with Crippen molar-refractivity contribution in [3.05, 3.63) is 50.9 Å². The highest BCUT2D eigenvalue weighted by Crippen LogP contribution is 2.28. The van der Waals surface area contributed by atoms with E-state index in [-0.39, 0.29) is 16.5 Å². The van der Waals surface area contributed by atoms with E-state index in [1.54, 1.807) is 6.92 Å². The summed E-state index contributed by atoms with van der Waals surface area (Å²) >= 11 is 5.70. The topological polar surface area (TPSA) is 87.0 Å². The van der Waals surface area contributed by atoms with Crippen molar-refractivity contribution in [1.29, 1.82) is 0 Å². The quantitative estimate of drug-likeness (QED) is 0.693. The first-order chi connectivity index (χ1) is 8.91. The molecular formula is C11H10ClFN4O2. The molecule has 1 heterocycles. The van der Waals surface area contributed by atoms with Crippen LogP contribution in [0.4, 0.5) is 15.9 Å². The van der Waals surface area contributed by atoms with Gasteiger partial charge in [0.2, 0.25) is 5.82 Å². The summed E-state index contributed by atoms with van der Waals surface area (Å²) in [4.78, 5) is 10.1. The lowest BCUT2D eigenvalue weighted by Crippen LogP contribution is -2.12. The summed E-state index contributed by atoms with van der Waals surface area (Å²) in [5, 5.41) is 14.5. The van der Waals surface area contributed by atoms with Gasteiger partial charge in [0.25, 0.3) is 0 Å². The highest BCUT2D eigenvalue weighted by atomic mass is 35.5. The molecule has 6 nitrogen and oxygen atoms in total. The second-order valence-electron chi connectivity index (χ2n) is 3.97. The van der Waals surface area contributed by atoms with Crippen LogP contribution >= 0.6 is 11.6 Å². The average molecular weight is 285 g/mol. The Hall–Kier alpha value is -2.15. The van der Waals surface area contributed by atoms with Crippen LogP contribution in [0.15, 0.2) is 24.4 Å². The molecule has 100 valence electrons. The van der Waals surface area contributed by atoms with Gasteiger partial charge >= 0.3 is 5.69 Å². The van der Waals surface area contributed by atoms with Gasteiger partial charge in [-0.2, -0.15) is 5.10 Å². The molecule has 0 bridgehead atoms. The number of aromatic nitrogens is 2. The van der Waals surface area contributed by atoms with Crippen molar-refractivity contribution in [2.24, 2.45) is 0 Å². The van der Waals surface area contributed by atoms with Crippen molar-refractivity contribution in [2.75, 3.05) is 5.73 Å². The maximum atomic E-state index is 13.1. The molecule has 0 amide bonds. The van der Waals surface area contributed by atoms with Crippen molar-refractivity contribution in [3.8, 4) is 0 Å². The van der Waals surface area contributed by atoms with Gasteiger partial charge in [-0.3, -0.25) is 10.1 Å². The Bertz CT molecular complexity index is 644. The lowest BCUT2D eigenvalue weighted by atomic mass is 10.1. The summed E-state index contributed by atoms with van der Waals surface area (Å²) in [5.41, 5.74) is 6.05. The lowest BCUT2D eigenvalue weighted by Gasteiger charge is -2.14. The number of nitrogens with two attached hydrogens (primary N) is 1. The van der Waals surface area contributed by atoms with Crippen molar-refractivity contribution in [3.63, 3.8) is 0 Å². The van der Waals surface area contributed by atoms with Gasteiger partial charge < -0.3 is 5.73 Å². The van der Waals surface area contributed by atoms with E-state index < -0.39 is 16.8 Å². The third-order valence-corrected chi connectivity index (χ3v) is 3.09. The summed E-state index contributed by atoms with van der Waals surface area (Å²) in [6.07, 6.45) is 1.08.